The maximum Gasteiger partial charge on any atom is 0.140 e. The molecule has 0 saturated heterocycles. The lowest BCUT2D eigenvalue weighted by atomic mass is 9.82. The number of furan rings is 1. The molecule has 2 heteroatoms. The fraction of sp³-hybridized carbons (Fsp3) is 0.0909. The third-order valence-corrected chi connectivity index (χ3v) is 7.43. The van der Waals surface area contributed by atoms with Gasteiger partial charge in [0.05, 0.1) is 11.1 Å². The molecule has 2 nitrogen and oxygen atoms in total. The summed E-state index contributed by atoms with van der Waals surface area (Å²) < 4.78 is 6.70. The van der Waals surface area contributed by atoms with Crippen LogP contribution in [-0.2, 0) is 5.41 Å². The third-order valence-electron chi connectivity index (χ3n) is 7.43. The molecule has 1 aliphatic rings. The number of hydrogen-bond acceptors (Lipinski definition) is 2. The molecule has 6 aromatic rings. The first kappa shape index (κ1) is 20.1. The topological polar surface area (TPSA) is 16.4 Å². The average molecular weight is 452 g/mol. The van der Waals surface area contributed by atoms with Gasteiger partial charge in [0.15, 0.2) is 0 Å². The normalized spacial score (nSPS) is 13.7. The summed E-state index contributed by atoms with van der Waals surface area (Å²) >= 11 is 0. The first-order chi connectivity index (χ1) is 17.1. The first-order valence-corrected chi connectivity index (χ1v) is 12.1. The van der Waals surface area contributed by atoms with Gasteiger partial charge in [-0.1, -0.05) is 86.6 Å². The predicted molar refractivity (Wildman–Crippen MR) is 146 cm³/mol. The fourth-order valence-corrected chi connectivity index (χ4v) is 5.88. The van der Waals surface area contributed by atoms with Crippen molar-refractivity contribution in [2.24, 2.45) is 0 Å². The summed E-state index contributed by atoms with van der Waals surface area (Å²) in [6.45, 7) is 4.62. The Bertz CT molecular complexity index is 1670. The van der Waals surface area contributed by atoms with Gasteiger partial charge in [0.2, 0.25) is 0 Å². The zero-order valence-electron chi connectivity index (χ0n) is 19.8. The molecule has 0 amide bonds. The van der Waals surface area contributed by atoms with Crippen molar-refractivity contribution < 1.29 is 4.42 Å². The van der Waals surface area contributed by atoms with Crippen LogP contribution >= 0.6 is 0 Å². The van der Waals surface area contributed by atoms with E-state index < -0.39 is 0 Å². The van der Waals surface area contributed by atoms with E-state index in [4.69, 9.17) is 4.42 Å². The zero-order chi connectivity index (χ0) is 23.6. The number of anilines is 3. The summed E-state index contributed by atoms with van der Waals surface area (Å²) in [4.78, 5) is 2.32. The highest BCUT2D eigenvalue weighted by Crippen LogP contribution is 2.53. The average Bonchev–Trinajstić information content (AvgIpc) is 3.39. The van der Waals surface area contributed by atoms with Crippen LogP contribution in [0.3, 0.4) is 0 Å². The van der Waals surface area contributed by atoms with E-state index in [9.17, 15) is 0 Å². The van der Waals surface area contributed by atoms with E-state index in [1.165, 1.54) is 22.3 Å². The molecule has 0 radical (unpaired) electrons. The first-order valence-electron chi connectivity index (χ1n) is 12.1. The van der Waals surface area contributed by atoms with Gasteiger partial charge in [0.1, 0.15) is 11.2 Å². The van der Waals surface area contributed by atoms with Crippen LogP contribution in [0, 0.1) is 0 Å². The van der Waals surface area contributed by atoms with Gasteiger partial charge < -0.3 is 9.32 Å². The highest BCUT2D eigenvalue weighted by molar-refractivity contribution is 6.15. The number of rotatable bonds is 3. The van der Waals surface area contributed by atoms with Crippen LogP contribution in [0.5, 0.6) is 0 Å². The molecular formula is C33H25NO. The van der Waals surface area contributed by atoms with Crippen molar-refractivity contribution in [3.63, 3.8) is 0 Å². The molecule has 1 heterocycles. The largest absolute Gasteiger partial charge is 0.456 e. The van der Waals surface area contributed by atoms with Crippen LogP contribution in [0.25, 0.3) is 33.1 Å². The summed E-state index contributed by atoms with van der Waals surface area (Å²) in [5.74, 6) is 0. The Morgan fingerprint density at radius 2 is 1.26 bits per heavy atom. The van der Waals surface area contributed by atoms with E-state index >= 15 is 0 Å². The Labute approximate surface area is 205 Å². The van der Waals surface area contributed by atoms with E-state index in [0.717, 1.165) is 39.0 Å². The standard InChI is InChI=1S/C33H25NO/c1-33(2)27-17-10-9-16-24(27)25-20-21-26-30-28(18-11-19-29(30)35-32(26)31(25)33)34(22-12-5-3-6-13-22)23-14-7-4-8-15-23/h3-21H,1-2H3. The Morgan fingerprint density at radius 1 is 0.600 bits per heavy atom. The SMILES string of the molecule is CC1(C)c2ccccc2-c2ccc3c(oc4cccc(N(c5ccccc5)c5ccccc5)c43)c21. The smallest absolute Gasteiger partial charge is 0.140 e. The molecular weight excluding hydrogens is 426 g/mol. The molecule has 0 bridgehead atoms. The molecule has 1 aliphatic carbocycles. The fourth-order valence-electron chi connectivity index (χ4n) is 5.88. The summed E-state index contributed by atoms with van der Waals surface area (Å²) in [5, 5.41) is 2.30. The Morgan fingerprint density at radius 3 is 1.97 bits per heavy atom. The van der Waals surface area contributed by atoms with Gasteiger partial charge in [-0.2, -0.15) is 0 Å². The summed E-state index contributed by atoms with van der Waals surface area (Å²) in [6, 6.07) is 40.8. The molecule has 35 heavy (non-hydrogen) atoms. The van der Waals surface area contributed by atoms with Crippen molar-refractivity contribution in [2.45, 2.75) is 19.3 Å². The van der Waals surface area contributed by atoms with Crippen LogP contribution in [0.1, 0.15) is 25.0 Å². The Kier molecular flexibility index (Phi) is 4.22. The predicted octanol–water partition coefficient (Wildman–Crippen LogP) is 9.36. The van der Waals surface area contributed by atoms with E-state index in [1.54, 1.807) is 0 Å². The van der Waals surface area contributed by atoms with Crippen LogP contribution < -0.4 is 4.90 Å². The second kappa shape index (κ2) is 7.35. The summed E-state index contributed by atoms with van der Waals surface area (Å²) in [5.41, 5.74) is 10.4. The highest BCUT2D eigenvalue weighted by atomic mass is 16.3. The van der Waals surface area contributed by atoms with Crippen LogP contribution in [0.15, 0.2) is 120 Å². The van der Waals surface area contributed by atoms with Crippen molar-refractivity contribution in [3.05, 3.63) is 126 Å². The van der Waals surface area contributed by atoms with E-state index in [1.807, 2.05) is 0 Å². The number of para-hydroxylation sites is 2. The van der Waals surface area contributed by atoms with Gasteiger partial charge in [-0.3, -0.25) is 0 Å². The van der Waals surface area contributed by atoms with Gasteiger partial charge in [-0.25, -0.2) is 0 Å². The minimum Gasteiger partial charge on any atom is -0.456 e. The maximum absolute atomic E-state index is 6.70. The summed E-state index contributed by atoms with van der Waals surface area (Å²) in [6.07, 6.45) is 0. The molecule has 1 aromatic heterocycles. The van der Waals surface area contributed by atoms with Crippen LogP contribution in [-0.4, -0.2) is 0 Å². The lowest BCUT2D eigenvalue weighted by Crippen LogP contribution is -2.15. The molecule has 0 spiro atoms. The molecule has 5 aromatic carbocycles. The zero-order valence-corrected chi connectivity index (χ0v) is 19.8. The number of benzene rings is 5. The van der Waals surface area contributed by atoms with Gasteiger partial charge in [0, 0.05) is 27.7 Å². The lowest BCUT2D eigenvalue weighted by Gasteiger charge is -2.26. The van der Waals surface area contributed by atoms with E-state index in [0.29, 0.717) is 0 Å². The van der Waals surface area contributed by atoms with Crippen molar-refractivity contribution in [1.82, 2.24) is 0 Å². The highest BCUT2D eigenvalue weighted by Gasteiger charge is 2.38. The maximum atomic E-state index is 6.70. The quantitative estimate of drug-likeness (QED) is 0.266. The number of nitrogens with zero attached hydrogens (tertiary/aromatic N) is 1. The second-order valence-corrected chi connectivity index (χ2v) is 9.79. The van der Waals surface area contributed by atoms with Crippen molar-refractivity contribution in [3.8, 4) is 11.1 Å². The van der Waals surface area contributed by atoms with Crippen molar-refractivity contribution >= 4 is 39.0 Å². The molecule has 0 N–H and O–H groups in total. The van der Waals surface area contributed by atoms with Gasteiger partial charge in [-0.15, -0.1) is 0 Å². The minimum absolute atomic E-state index is 0.127. The molecule has 7 rings (SSSR count). The van der Waals surface area contributed by atoms with E-state index in [2.05, 4.69) is 134 Å². The lowest BCUT2D eigenvalue weighted by molar-refractivity contribution is 0.620. The van der Waals surface area contributed by atoms with Crippen molar-refractivity contribution in [1.29, 1.82) is 0 Å². The minimum atomic E-state index is -0.127. The van der Waals surface area contributed by atoms with Gasteiger partial charge >= 0.3 is 0 Å². The van der Waals surface area contributed by atoms with E-state index in [-0.39, 0.29) is 5.41 Å². The Hall–Kier alpha value is -4.30. The van der Waals surface area contributed by atoms with Crippen LogP contribution in [0.4, 0.5) is 17.1 Å². The van der Waals surface area contributed by atoms with Crippen molar-refractivity contribution in [2.75, 3.05) is 4.90 Å². The van der Waals surface area contributed by atoms with Gasteiger partial charge in [-0.05, 0) is 59.2 Å². The number of fused-ring (bicyclic) bond motifs is 7. The molecule has 168 valence electrons. The third kappa shape index (κ3) is 2.83. The molecule has 0 fully saturated rings. The van der Waals surface area contributed by atoms with Gasteiger partial charge in [0.25, 0.3) is 0 Å². The Balaban J connectivity index is 1.55. The molecule has 0 unspecified atom stereocenters. The monoisotopic (exact) mass is 451 g/mol. The molecule has 0 aliphatic heterocycles. The summed E-state index contributed by atoms with van der Waals surface area (Å²) in [7, 11) is 0. The van der Waals surface area contributed by atoms with Crippen LogP contribution in [0.2, 0.25) is 0 Å². The second-order valence-electron chi connectivity index (χ2n) is 9.79. The molecule has 0 atom stereocenters. The molecule has 0 saturated carbocycles. The number of hydrogen-bond donors (Lipinski definition) is 0.